The molecule has 8 heteroatoms. The average molecular weight is 384 g/mol. The topological polar surface area (TPSA) is 82.6 Å². The Morgan fingerprint density at radius 1 is 1.19 bits per heavy atom. The third-order valence-corrected chi connectivity index (χ3v) is 4.24. The normalized spacial score (nSPS) is 11.9. The summed E-state index contributed by atoms with van der Waals surface area (Å²) in [6.45, 7) is 0.443. The van der Waals surface area contributed by atoms with Crippen LogP contribution in [0.5, 0.6) is 23.1 Å². The lowest BCUT2D eigenvalue weighted by molar-refractivity contribution is 0.0947. The molecule has 1 aromatic heterocycles. The Labute approximate surface area is 159 Å². The molecule has 0 radical (unpaired) electrons. The molecule has 1 aliphatic heterocycles. The SMILES string of the molecule is O=C(NCc1ccccc1Cl)c1cncnc1Oc1ccc2c(c1)OCO2. The summed E-state index contributed by atoms with van der Waals surface area (Å²) in [5, 5.41) is 3.38. The molecule has 2 heterocycles. The van der Waals surface area contributed by atoms with Crippen molar-refractivity contribution < 1.29 is 19.0 Å². The van der Waals surface area contributed by atoms with Gasteiger partial charge in [-0.05, 0) is 23.8 Å². The maximum atomic E-state index is 12.6. The van der Waals surface area contributed by atoms with Crippen molar-refractivity contribution in [2.24, 2.45) is 0 Å². The quantitative estimate of drug-likeness (QED) is 0.725. The Hall–Kier alpha value is -3.32. The van der Waals surface area contributed by atoms with Gasteiger partial charge in [0.15, 0.2) is 11.5 Å². The highest BCUT2D eigenvalue weighted by Crippen LogP contribution is 2.36. The van der Waals surface area contributed by atoms with Crippen molar-refractivity contribution >= 4 is 17.5 Å². The van der Waals surface area contributed by atoms with Crippen LogP contribution >= 0.6 is 11.6 Å². The van der Waals surface area contributed by atoms with Crippen LogP contribution in [0.1, 0.15) is 15.9 Å². The van der Waals surface area contributed by atoms with Crippen LogP contribution in [0.2, 0.25) is 5.02 Å². The standard InChI is InChI=1S/C19H14ClN3O4/c20-15-4-2-1-3-12(15)8-22-18(24)14-9-21-10-23-19(14)27-13-5-6-16-17(7-13)26-11-25-16/h1-7,9-10H,8,11H2,(H,22,24). The second kappa shape index (κ2) is 7.51. The molecular formula is C19H14ClN3O4. The molecular weight excluding hydrogens is 370 g/mol. The van der Waals surface area contributed by atoms with Crippen LogP contribution < -0.4 is 19.5 Å². The first-order valence-electron chi connectivity index (χ1n) is 8.10. The van der Waals surface area contributed by atoms with Gasteiger partial charge in [0.2, 0.25) is 12.7 Å². The van der Waals surface area contributed by atoms with E-state index < -0.39 is 0 Å². The van der Waals surface area contributed by atoms with Crippen LogP contribution in [0.3, 0.4) is 0 Å². The van der Waals surface area contributed by atoms with Gasteiger partial charge >= 0.3 is 0 Å². The summed E-state index contributed by atoms with van der Waals surface area (Å²) in [7, 11) is 0. The number of fused-ring (bicyclic) bond motifs is 1. The van der Waals surface area contributed by atoms with Gasteiger partial charge < -0.3 is 19.5 Å². The predicted octanol–water partition coefficient (Wildman–Crippen LogP) is 3.58. The number of rotatable bonds is 5. The number of nitrogens with zero attached hydrogens (tertiary/aromatic N) is 2. The Morgan fingerprint density at radius 3 is 2.93 bits per heavy atom. The van der Waals surface area contributed by atoms with Gasteiger partial charge in [0.05, 0.1) is 0 Å². The predicted molar refractivity (Wildman–Crippen MR) is 97.3 cm³/mol. The first-order chi connectivity index (χ1) is 13.2. The van der Waals surface area contributed by atoms with E-state index in [4.69, 9.17) is 25.8 Å². The van der Waals surface area contributed by atoms with Crippen molar-refractivity contribution in [3.63, 3.8) is 0 Å². The van der Waals surface area contributed by atoms with E-state index in [1.165, 1.54) is 12.5 Å². The zero-order valence-corrected chi connectivity index (χ0v) is 14.8. The van der Waals surface area contributed by atoms with Gasteiger partial charge in [0.1, 0.15) is 17.6 Å². The van der Waals surface area contributed by atoms with Crippen LogP contribution in [0.25, 0.3) is 0 Å². The summed E-state index contributed by atoms with van der Waals surface area (Å²) in [6.07, 6.45) is 2.71. The van der Waals surface area contributed by atoms with Gasteiger partial charge in [-0.2, -0.15) is 0 Å². The summed E-state index contributed by atoms with van der Waals surface area (Å²) in [4.78, 5) is 20.6. The number of carbonyl (C=O) groups is 1. The second-order valence-electron chi connectivity index (χ2n) is 5.63. The number of amides is 1. The molecule has 4 rings (SSSR count). The van der Waals surface area contributed by atoms with E-state index in [9.17, 15) is 4.79 Å². The number of carbonyl (C=O) groups excluding carboxylic acids is 1. The summed E-state index contributed by atoms with van der Waals surface area (Å²) < 4.78 is 16.4. The van der Waals surface area contributed by atoms with Crippen molar-refractivity contribution in [2.45, 2.75) is 6.54 Å². The average Bonchev–Trinajstić information content (AvgIpc) is 3.15. The molecule has 2 aromatic carbocycles. The smallest absolute Gasteiger partial charge is 0.258 e. The fraction of sp³-hybridized carbons (Fsp3) is 0.105. The molecule has 0 saturated heterocycles. The van der Waals surface area contributed by atoms with Gasteiger partial charge in [-0.3, -0.25) is 4.79 Å². The maximum Gasteiger partial charge on any atom is 0.258 e. The van der Waals surface area contributed by atoms with Crippen LogP contribution in [0.4, 0.5) is 0 Å². The van der Waals surface area contributed by atoms with Gasteiger partial charge in [0, 0.05) is 23.8 Å². The van der Waals surface area contributed by atoms with Gasteiger partial charge in [-0.15, -0.1) is 0 Å². The van der Waals surface area contributed by atoms with Crippen molar-refractivity contribution in [3.05, 3.63) is 71.1 Å². The Morgan fingerprint density at radius 2 is 2.04 bits per heavy atom. The maximum absolute atomic E-state index is 12.6. The van der Waals surface area contributed by atoms with Crippen molar-refractivity contribution in [1.29, 1.82) is 0 Å². The number of hydrogen-bond acceptors (Lipinski definition) is 6. The first kappa shape index (κ1) is 17.1. The van der Waals surface area contributed by atoms with E-state index in [0.29, 0.717) is 22.3 Å². The van der Waals surface area contributed by atoms with E-state index in [2.05, 4.69) is 15.3 Å². The van der Waals surface area contributed by atoms with Gasteiger partial charge in [-0.1, -0.05) is 29.8 Å². The number of aromatic nitrogens is 2. The molecule has 0 bridgehead atoms. The molecule has 0 aliphatic carbocycles. The van der Waals surface area contributed by atoms with E-state index in [1.54, 1.807) is 24.3 Å². The molecule has 1 N–H and O–H groups in total. The van der Waals surface area contributed by atoms with Crippen molar-refractivity contribution in [3.8, 4) is 23.1 Å². The van der Waals surface area contributed by atoms with Crippen LogP contribution in [-0.4, -0.2) is 22.7 Å². The minimum absolute atomic E-state index is 0.139. The summed E-state index contributed by atoms with van der Waals surface area (Å²) in [5.74, 6) is 1.46. The molecule has 0 saturated carbocycles. The molecule has 27 heavy (non-hydrogen) atoms. The Balaban J connectivity index is 1.50. The van der Waals surface area contributed by atoms with Crippen molar-refractivity contribution in [1.82, 2.24) is 15.3 Å². The molecule has 0 spiro atoms. The monoisotopic (exact) mass is 383 g/mol. The van der Waals surface area contributed by atoms with Crippen LogP contribution in [0, 0.1) is 0 Å². The second-order valence-corrected chi connectivity index (χ2v) is 6.04. The minimum Gasteiger partial charge on any atom is -0.454 e. The van der Waals surface area contributed by atoms with E-state index in [-0.39, 0.29) is 30.7 Å². The molecule has 3 aromatic rings. The molecule has 0 atom stereocenters. The zero-order chi connectivity index (χ0) is 18.6. The van der Waals surface area contributed by atoms with E-state index >= 15 is 0 Å². The van der Waals surface area contributed by atoms with Gasteiger partial charge in [-0.25, -0.2) is 9.97 Å². The molecule has 136 valence electrons. The Kier molecular flexibility index (Phi) is 4.76. The summed E-state index contributed by atoms with van der Waals surface area (Å²) in [6, 6.07) is 12.4. The lowest BCUT2D eigenvalue weighted by Gasteiger charge is -2.11. The fourth-order valence-electron chi connectivity index (χ4n) is 2.52. The molecule has 1 amide bonds. The first-order valence-corrected chi connectivity index (χ1v) is 8.47. The Bertz CT molecular complexity index is 996. The van der Waals surface area contributed by atoms with Crippen LogP contribution in [0.15, 0.2) is 55.0 Å². The number of halogens is 1. The third-order valence-electron chi connectivity index (χ3n) is 3.88. The highest BCUT2D eigenvalue weighted by molar-refractivity contribution is 6.31. The lowest BCUT2D eigenvalue weighted by Crippen LogP contribution is -2.24. The molecule has 1 aliphatic rings. The lowest BCUT2D eigenvalue weighted by atomic mass is 10.2. The number of nitrogens with one attached hydrogen (secondary N) is 1. The summed E-state index contributed by atoms with van der Waals surface area (Å²) >= 11 is 6.12. The summed E-state index contributed by atoms with van der Waals surface area (Å²) in [5.41, 5.74) is 1.02. The zero-order valence-electron chi connectivity index (χ0n) is 14.0. The van der Waals surface area contributed by atoms with E-state index in [0.717, 1.165) is 5.56 Å². The fourth-order valence-corrected chi connectivity index (χ4v) is 2.72. The largest absolute Gasteiger partial charge is 0.454 e. The van der Waals surface area contributed by atoms with E-state index in [1.807, 2.05) is 18.2 Å². The van der Waals surface area contributed by atoms with Crippen molar-refractivity contribution in [2.75, 3.05) is 6.79 Å². The third kappa shape index (κ3) is 3.78. The molecule has 0 unspecified atom stereocenters. The number of ether oxygens (including phenoxy) is 3. The highest BCUT2D eigenvalue weighted by Gasteiger charge is 2.18. The number of hydrogen-bond donors (Lipinski definition) is 1. The van der Waals surface area contributed by atoms with Gasteiger partial charge in [0.25, 0.3) is 5.91 Å². The number of benzene rings is 2. The molecule has 0 fully saturated rings. The minimum atomic E-state index is -0.369. The highest BCUT2D eigenvalue weighted by atomic mass is 35.5. The van der Waals surface area contributed by atoms with Crippen LogP contribution in [-0.2, 0) is 6.54 Å². The molecule has 7 nitrogen and oxygen atoms in total.